The Kier molecular flexibility index (Phi) is 5.50. The van der Waals surface area contributed by atoms with Gasteiger partial charge in [0.05, 0.1) is 16.7 Å². The Bertz CT molecular complexity index is 1340. The summed E-state index contributed by atoms with van der Waals surface area (Å²) in [5.41, 5.74) is 8.09. The van der Waals surface area contributed by atoms with E-state index in [2.05, 4.69) is 47.3 Å². The van der Waals surface area contributed by atoms with Crippen LogP contribution < -0.4 is 5.32 Å². The predicted molar refractivity (Wildman–Crippen MR) is 133 cm³/mol. The minimum Gasteiger partial charge on any atom is -0.309 e. The Morgan fingerprint density at radius 2 is 1.70 bits per heavy atom. The summed E-state index contributed by atoms with van der Waals surface area (Å²) in [6.07, 6.45) is 0. The number of aryl methyl sites for hydroxylation is 4. The lowest BCUT2D eigenvalue weighted by Gasteiger charge is -2.19. The number of anilines is 1. The van der Waals surface area contributed by atoms with E-state index in [4.69, 9.17) is 5.10 Å². The fourth-order valence-electron chi connectivity index (χ4n) is 4.33. The van der Waals surface area contributed by atoms with Gasteiger partial charge in [0.2, 0.25) is 5.91 Å². The number of carbonyl (C=O) groups is 1. The van der Waals surface area contributed by atoms with Crippen LogP contribution in [-0.4, -0.2) is 31.4 Å². The first-order valence-corrected chi connectivity index (χ1v) is 11.9. The molecule has 1 aliphatic heterocycles. The zero-order valence-electron chi connectivity index (χ0n) is 19.1. The predicted octanol–water partition coefficient (Wildman–Crippen LogP) is 5.34. The number of nitrogens with one attached hydrogen (secondary N) is 1. The number of benzene rings is 2. The summed E-state index contributed by atoms with van der Waals surface area (Å²) in [4.78, 5) is 22.1. The quantitative estimate of drug-likeness (QED) is 0.452. The summed E-state index contributed by atoms with van der Waals surface area (Å²) >= 11 is 1.63. The van der Waals surface area contributed by atoms with Crippen molar-refractivity contribution in [2.24, 2.45) is 0 Å². The first kappa shape index (κ1) is 21.4. The zero-order valence-corrected chi connectivity index (χ0v) is 19.9. The van der Waals surface area contributed by atoms with Gasteiger partial charge in [-0.2, -0.15) is 9.78 Å². The molecular weight excluding hydrogens is 430 g/mol. The summed E-state index contributed by atoms with van der Waals surface area (Å²) in [5.74, 6) is 1.39. The molecule has 5 rings (SSSR count). The minimum absolute atomic E-state index is 0.0568. The van der Waals surface area contributed by atoms with Gasteiger partial charge in [0.25, 0.3) is 5.95 Å². The van der Waals surface area contributed by atoms with Gasteiger partial charge >= 0.3 is 0 Å². The van der Waals surface area contributed by atoms with Crippen LogP contribution in [0, 0.1) is 27.7 Å². The molecule has 166 valence electrons. The zero-order chi connectivity index (χ0) is 23.1. The van der Waals surface area contributed by atoms with Crippen molar-refractivity contribution in [2.45, 2.75) is 32.9 Å². The smallest absolute Gasteiger partial charge is 0.252 e. The molecule has 0 aliphatic carbocycles. The van der Waals surface area contributed by atoms with Gasteiger partial charge < -0.3 is 5.32 Å². The van der Waals surface area contributed by atoms with Crippen LogP contribution in [0.5, 0.6) is 0 Å². The highest BCUT2D eigenvalue weighted by Gasteiger charge is 2.33. The van der Waals surface area contributed by atoms with Gasteiger partial charge in [0, 0.05) is 22.5 Å². The highest BCUT2D eigenvalue weighted by Crippen LogP contribution is 2.47. The van der Waals surface area contributed by atoms with Gasteiger partial charge in [0.15, 0.2) is 0 Å². The van der Waals surface area contributed by atoms with E-state index in [9.17, 15) is 4.79 Å². The molecular formula is C26H25N5OS. The number of rotatable bonds is 3. The van der Waals surface area contributed by atoms with Gasteiger partial charge in [-0.3, -0.25) is 4.79 Å². The average molecular weight is 456 g/mol. The molecule has 0 spiro atoms. The third-order valence-corrected chi connectivity index (χ3v) is 6.99. The lowest BCUT2D eigenvalue weighted by atomic mass is 9.96. The molecule has 3 heterocycles. The molecule has 6 nitrogen and oxygen atoms in total. The summed E-state index contributed by atoms with van der Waals surface area (Å²) in [6.45, 7) is 8.09. The fourth-order valence-corrected chi connectivity index (χ4v) is 5.55. The fraction of sp³-hybridized carbons (Fsp3) is 0.231. The second kappa shape index (κ2) is 8.48. The lowest BCUT2D eigenvalue weighted by molar-refractivity contribution is -0.113. The van der Waals surface area contributed by atoms with Gasteiger partial charge in [-0.05, 0) is 44.9 Å². The van der Waals surface area contributed by atoms with Gasteiger partial charge in [0.1, 0.15) is 5.82 Å². The van der Waals surface area contributed by atoms with E-state index in [0.29, 0.717) is 17.5 Å². The molecule has 33 heavy (non-hydrogen) atoms. The molecule has 2 aromatic heterocycles. The summed E-state index contributed by atoms with van der Waals surface area (Å²) in [7, 11) is 0. The van der Waals surface area contributed by atoms with Crippen LogP contribution in [0.15, 0.2) is 54.6 Å². The molecule has 1 aliphatic rings. The van der Waals surface area contributed by atoms with Gasteiger partial charge in [-0.1, -0.05) is 54.1 Å². The number of nitrogens with zero attached hydrogens (tertiary/aromatic N) is 4. The maximum Gasteiger partial charge on any atom is 0.252 e. The standard InChI is InChI=1S/C26H25N5OS/c1-15-10-11-20(16(2)12-15)24-22-23(19-8-6-5-7-9-19)30-31(25(22)29-21(32)14-33-24)26-27-17(3)13-18(4)28-26/h5-13,24H,14H2,1-4H3,(H,29,32)/t24-/m1/s1. The third-order valence-electron chi connectivity index (χ3n) is 5.74. The number of aromatic nitrogens is 4. The first-order valence-electron chi connectivity index (χ1n) is 10.9. The van der Waals surface area contributed by atoms with E-state index in [1.165, 1.54) is 16.7 Å². The molecule has 0 unspecified atom stereocenters. The molecule has 2 aromatic carbocycles. The molecule has 1 atom stereocenters. The maximum absolute atomic E-state index is 12.8. The number of hydrogen-bond acceptors (Lipinski definition) is 5. The largest absolute Gasteiger partial charge is 0.309 e. The van der Waals surface area contributed by atoms with Gasteiger partial charge in [-0.15, -0.1) is 11.8 Å². The van der Waals surface area contributed by atoms with Crippen LogP contribution in [0.4, 0.5) is 5.82 Å². The first-order chi connectivity index (χ1) is 15.9. The normalized spacial score (nSPS) is 15.6. The molecule has 1 amide bonds. The minimum atomic E-state index is -0.0607. The van der Waals surface area contributed by atoms with Crippen molar-refractivity contribution in [3.8, 4) is 17.2 Å². The molecule has 4 aromatic rings. The van der Waals surface area contributed by atoms with Crippen molar-refractivity contribution in [1.29, 1.82) is 0 Å². The van der Waals surface area contributed by atoms with Crippen molar-refractivity contribution < 1.29 is 4.79 Å². The second-order valence-corrected chi connectivity index (χ2v) is 9.53. The van der Waals surface area contributed by atoms with Crippen molar-refractivity contribution in [3.05, 3.63) is 88.2 Å². The maximum atomic E-state index is 12.8. The van der Waals surface area contributed by atoms with Crippen LogP contribution in [-0.2, 0) is 4.79 Å². The van der Waals surface area contributed by atoms with Crippen molar-refractivity contribution >= 4 is 23.5 Å². The summed E-state index contributed by atoms with van der Waals surface area (Å²) < 4.78 is 1.69. The topological polar surface area (TPSA) is 72.7 Å². The molecule has 0 radical (unpaired) electrons. The number of thioether (sulfide) groups is 1. The molecule has 7 heteroatoms. The van der Waals surface area contributed by atoms with Gasteiger partial charge in [-0.25, -0.2) is 9.97 Å². The Morgan fingerprint density at radius 3 is 2.39 bits per heavy atom. The molecule has 1 N–H and O–H groups in total. The number of amides is 1. The Morgan fingerprint density at radius 1 is 0.970 bits per heavy atom. The van der Waals surface area contributed by atoms with E-state index in [-0.39, 0.29) is 11.2 Å². The van der Waals surface area contributed by atoms with Crippen LogP contribution in [0.1, 0.15) is 38.9 Å². The molecule has 0 bridgehead atoms. The number of carbonyl (C=O) groups excluding carboxylic acids is 1. The Balaban J connectivity index is 1.82. The van der Waals surface area contributed by atoms with E-state index in [0.717, 1.165) is 28.2 Å². The molecule has 0 saturated carbocycles. The van der Waals surface area contributed by atoms with Crippen LogP contribution >= 0.6 is 11.8 Å². The van der Waals surface area contributed by atoms with Crippen LogP contribution in [0.3, 0.4) is 0 Å². The average Bonchev–Trinajstić information content (AvgIpc) is 3.05. The SMILES string of the molecule is Cc1ccc([C@H]2SCC(=O)Nc3c2c(-c2ccccc2)nn3-c2nc(C)cc(C)n2)c(C)c1. The second-order valence-electron chi connectivity index (χ2n) is 8.44. The molecule has 0 saturated heterocycles. The van der Waals surface area contributed by atoms with Crippen molar-refractivity contribution in [2.75, 3.05) is 11.1 Å². The summed E-state index contributed by atoms with van der Waals surface area (Å²) in [5, 5.41) is 8.03. The Labute approximate surface area is 197 Å². The van der Waals surface area contributed by atoms with Crippen LogP contribution in [0.25, 0.3) is 17.2 Å². The summed E-state index contributed by atoms with van der Waals surface area (Å²) in [6, 6.07) is 18.5. The van der Waals surface area contributed by atoms with Crippen molar-refractivity contribution in [3.63, 3.8) is 0 Å². The number of hydrogen-bond donors (Lipinski definition) is 1. The van der Waals surface area contributed by atoms with E-state index in [1.807, 2.05) is 50.2 Å². The van der Waals surface area contributed by atoms with Crippen molar-refractivity contribution in [1.82, 2.24) is 19.7 Å². The molecule has 0 fully saturated rings. The lowest BCUT2D eigenvalue weighted by Crippen LogP contribution is -2.17. The van der Waals surface area contributed by atoms with E-state index in [1.54, 1.807) is 16.4 Å². The third kappa shape index (κ3) is 4.04. The highest BCUT2D eigenvalue weighted by molar-refractivity contribution is 8.00. The van der Waals surface area contributed by atoms with E-state index >= 15 is 0 Å². The number of fused-ring (bicyclic) bond motifs is 1. The Hall–Kier alpha value is -3.45. The van der Waals surface area contributed by atoms with Crippen LogP contribution in [0.2, 0.25) is 0 Å². The van der Waals surface area contributed by atoms with E-state index < -0.39 is 0 Å². The monoisotopic (exact) mass is 455 g/mol. The highest BCUT2D eigenvalue weighted by atomic mass is 32.2.